The van der Waals surface area contributed by atoms with Crippen LogP contribution < -0.4 is 0 Å². The summed E-state index contributed by atoms with van der Waals surface area (Å²) in [6, 6.07) is 3.65. The molecule has 0 bridgehead atoms. The highest BCUT2D eigenvalue weighted by atomic mass is 15.1. The van der Waals surface area contributed by atoms with Crippen LogP contribution >= 0.6 is 0 Å². The molecule has 0 aliphatic rings. The van der Waals surface area contributed by atoms with Gasteiger partial charge in [-0.15, -0.1) is 0 Å². The first-order valence-corrected chi connectivity index (χ1v) is 3.13. The fraction of sp³-hybridized carbons (Fsp3) is 0.429. The zero-order chi connectivity index (χ0) is 6.95. The minimum Gasteiger partial charge on any atom is -0.159 e. The van der Waals surface area contributed by atoms with E-state index in [-0.39, 0.29) is 0 Å². The molecule has 0 aliphatic carbocycles. The van der Waals surface area contributed by atoms with Gasteiger partial charge in [0, 0.05) is 12.4 Å². The van der Waals surface area contributed by atoms with Gasteiger partial charge in [0.1, 0.15) is 0 Å². The van der Waals surface area contributed by atoms with E-state index in [1.54, 1.807) is 12.4 Å². The van der Waals surface area contributed by atoms with Gasteiger partial charge in [-0.2, -0.15) is 10.2 Å². The zero-order valence-electron chi connectivity index (χ0n) is 5.91. The van der Waals surface area contributed by atoms with Crippen molar-refractivity contribution in [2.45, 2.75) is 20.3 Å². The van der Waals surface area contributed by atoms with Crippen molar-refractivity contribution in [3.8, 4) is 0 Å². The Morgan fingerprint density at radius 1 is 1.00 bits per heavy atom. The molecule has 0 amide bonds. The van der Waals surface area contributed by atoms with E-state index >= 15 is 0 Å². The smallest absolute Gasteiger partial charge is 0.0496 e. The van der Waals surface area contributed by atoms with Gasteiger partial charge in [-0.25, -0.2) is 0 Å². The van der Waals surface area contributed by atoms with Crippen molar-refractivity contribution in [2.75, 3.05) is 0 Å². The van der Waals surface area contributed by atoms with Gasteiger partial charge in [0.15, 0.2) is 0 Å². The van der Waals surface area contributed by atoms with Crippen LogP contribution in [0.1, 0.15) is 20.3 Å². The van der Waals surface area contributed by atoms with Crippen LogP contribution in [-0.2, 0) is 0 Å². The van der Waals surface area contributed by atoms with E-state index in [2.05, 4.69) is 24.0 Å². The van der Waals surface area contributed by atoms with Crippen LogP contribution in [0.2, 0.25) is 0 Å². The molecule has 0 aromatic carbocycles. The van der Waals surface area contributed by atoms with E-state index in [0.717, 1.165) is 0 Å². The highest BCUT2D eigenvalue weighted by Gasteiger charge is 1.59. The molecule has 0 aliphatic heterocycles. The Balaban J connectivity index is 0.000000187. The third kappa shape index (κ3) is 7.08. The molecule has 2 heteroatoms. The second-order valence-corrected chi connectivity index (χ2v) is 1.62. The zero-order valence-corrected chi connectivity index (χ0v) is 5.91. The summed E-state index contributed by atoms with van der Waals surface area (Å²) >= 11 is 0. The van der Waals surface area contributed by atoms with Gasteiger partial charge in [-0.05, 0) is 12.1 Å². The van der Waals surface area contributed by atoms with Crippen LogP contribution in [0.4, 0.5) is 0 Å². The maximum absolute atomic E-state index is 3.53. The summed E-state index contributed by atoms with van der Waals surface area (Å²) in [4.78, 5) is 0. The molecule has 0 unspecified atom stereocenters. The van der Waals surface area contributed by atoms with Gasteiger partial charge in [0.25, 0.3) is 0 Å². The average Bonchev–Trinajstić information content (AvgIpc) is 1.93. The van der Waals surface area contributed by atoms with Crippen molar-refractivity contribution >= 4 is 0 Å². The fourth-order valence-electron chi connectivity index (χ4n) is 0.253. The first kappa shape index (κ1) is 8.08. The lowest BCUT2D eigenvalue weighted by molar-refractivity contribution is 1.03. The van der Waals surface area contributed by atoms with Crippen LogP contribution in [0.25, 0.3) is 0 Å². The molecule has 1 aromatic rings. The molecule has 0 fully saturated rings. The van der Waals surface area contributed by atoms with Crippen LogP contribution in [0.15, 0.2) is 24.5 Å². The molecule has 0 atom stereocenters. The average molecular weight is 124 g/mol. The SMILES string of the molecule is CCC.c1ccnnc1. The van der Waals surface area contributed by atoms with Crippen molar-refractivity contribution in [3.05, 3.63) is 24.5 Å². The predicted molar refractivity (Wildman–Crippen MR) is 38.0 cm³/mol. The van der Waals surface area contributed by atoms with Crippen molar-refractivity contribution < 1.29 is 0 Å². The minimum atomic E-state index is 1.25. The quantitative estimate of drug-likeness (QED) is 0.527. The first-order chi connectivity index (χ1) is 4.41. The minimum absolute atomic E-state index is 1.25. The Kier molecular flexibility index (Phi) is 6.36. The molecule has 0 saturated carbocycles. The Labute approximate surface area is 55.9 Å². The van der Waals surface area contributed by atoms with Crippen LogP contribution in [0, 0.1) is 0 Å². The van der Waals surface area contributed by atoms with E-state index in [1.807, 2.05) is 12.1 Å². The van der Waals surface area contributed by atoms with Crippen LogP contribution in [0.3, 0.4) is 0 Å². The van der Waals surface area contributed by atoms with Crippen molar-refractivity contribution in [1.82, 2.24) is 10.2 Å². The Morgan fingerprint density at radius 3 is 1.44 bits per heavy atom. The molecule has 1 heterocycles. The molecule has 50 valence electrons. The van der Waals surface area contributed by atoms with Crippen molar-refractivity contribution in [2.24, 2.45) is 0 Å². The molecule has 0 spiro atoms. The highest BCUT2D eigenvalue weighted by molar-refractivity contribution is 4.79. The van der Waals surface area contributed by atoms with E-state index in [4.69, 9.17) is 0 Å². The second kappa shape index (κ2) is 7.08. The molecule has 2 nitrogen and oxygen atoms in total. The Morgan fingerprint density at radius 2 is 1.33 bits per heavy atom. The lowest BCUT2D eigenvalue weighted by Crippen LogP contribution is -1.69. The lowest BCUT2D eigenvalue weighted by Gasteiger charge is -1.69. The maximum atomic E-state index is 3.53. The summed E-state index contributed by atoms with van der Waals surface area (Å²) < 4.78 is 0. The van der Waals surface area contributed by atoms with Gasteiger partial charge in [-0.1, -0.05) is 20.3 Å². The van der Waals surface area contributed by atoms with Gasteiger partial charge < -0.3 is 0 Å². The molecule has 9 heavy (non-hydrogen) atoms. The fourth-order valence-corrected chi connectivity index (χ4v) is 0.253. The number of nitrogens with zero attached hydrogens (tertiary/aromatic N) is 2. The lowest BCUT2D eigenvalue weighted by atomic mass is 10.6. The van der Waals surface area contributed by atoms with E-state index in [9.17, 15) is 0 Å². The van der Waals surface area contributed by atoms with Gasteiger partial charge in [-0.3, -0.25) is 0 Å². The Hall–Kier alpha value is -0.920. The highest BCUT2D eigenvalue weighted by Crippen LogP contribution is 1.68. The molecule has 1 aromatic heterocycles. The summed E-state index contributed by atoms with van der Waals surface area (Å²) in [6.07, 6.45) is 4.53. The molecular weight excluding hydrogens is 112 g/mol. The maximum Gasteiger partial charge on any atom is 0.0496 e. The largest absolute Gasteiger partial charge is 0.159 e. The summed E-state index contributed by atoms with van der Waals surface area (Å²) in [5.74, 6) is 0. The van der Waals surface area contributed by atoms with E-state index < -0.39 is 0 Å². The topological polar surface area (TPSA) is 25.8 Å². The number of hydrogen-bond acceptors (Lipinski definition) is 2. The van der Waals surface area contributed by atoms with Gasteiger partial charge in [0.2, 0.25) is 0 Å². The van der Waals surface area contributed by atoms with E-state index in [0.29, 0.717) is 0 Å². The number of rotatable bonds is 0. The summed E-state index contributed by atoms with van der Waals surface area (Å²) in [7, 11) is 0. The third-order valence-corrected chi connectivity index (χ3v) is 0.483. The van der Waals surface area contributed by atoms with E-state index in [1.165, 1.54) is 6.42 Å². The second-order valence-electron chi connectivity index (χ2n) is 1.62. The van der Waals surface area contributed by atoms with Crippen molar-refractivity contribution in [1.29, 1.82) is 0 Å². The Bertz CT molecular complexity index is 89.8. The molecule has 1 rings (SSSR count). The predicted octanol–water partition coefficient (Wildman–Crippen LogP) is 1.89. The molecule has 0 saturated heterocycles. The van der Waals surface area contributed by atoms with Crippen LogP contribution in [0.5, 0.6) is 0 Å². The number of hydrogen-bond donors (Lipinski definition) is 0. The number of aromatic nitrogens is 2. The van der Waals surface area contributed by atoms with Crippen LogP contribution in [-0.4, -0.2) is 10.2 Å². The summed E-state index contributed by atoms with van der Waals surface area (Å²) in [6.45, 7) is 4.25. The summed E-state index contributed by atoms with van der Waals surface area (Å²) in [5.41, 5.74) is 0. The van der Waals surface area contributed by atoms with Gasteiger partial charge in [0.05, 0.1) is 0 Å². The first-order valence-electron chi connectivity index (χ1n) is 3.13. The van der Waals surface area contributed by atoms with Gasteiger partial charge >= 0.3 is 0 Å². The monoisotopic (exact) mass is 124 g/mol. The summed E-state index contributed by atoms with van der Waals surface area (Å²) in [5, 5.41) is 7.07. The standard InChI is InChI=1S/C4H4N2.C3H8/c1-2-4-6-5-3-1;1-3-2/h1-4H;3H2,1-2H3. The van der Waals surface area contributed by atoms with Crippen molar-refractivity contribution in [3.63, 3.8) is 0 Å². The third-order valence-electron chi connectivity index (χ3n) is 0.483. The normalized spacial score (nSPS) is 7.33. The molecule has 0 N–H and O–H groups in total. The molecule has 0 radical (unpaired) electrons. The molecular formula is C7H12N2.